The minimum atomic E-state index is -4.46. The van der Waals surface area contributed by atoms with Crippen molar-refractivity contribution in [1.29, 1.82) is 0 Å². The van der Waals surface area contributed by atoms with Crippen molar-refractivity contribution in [1.82, 2.24) is 19.8 Å². The number of hydrogen-bond donors (Lipinski definition) is 0. The molecule has 0 atom stereocenters. The molecule has 8 nitrogen and oxygen atoms in total. The molecule has 31 heavy (non-hydrogen) atoms. The van der Waals surface area contributed by atoms with E-state index in [2.05, 4.69) is 14.7 Å². The van der Waals surface area contributed by atoms with Gasteiger partial charge in [0.1, 0.15) is 5.60 Å². The molecule has 2 saturated heterocycles. The molecule has 11 heteroatoms. The molecular formula is C20H27F3N4O4. The van der Waals surface area contributed by atoms with Crippen LogP contribution in [-0.2, 0) is 16.1 Å². The number of hydrogen-bond acceptors (Lipinski definition) is 6. The second-order valence-electron chi connectivity index (χ2n) is 9.17. The summed E-state index contributed by atoms with van der Waals surface area (Å²) in [6.45, 7) is 5.90. The number of ether oxygens (including phenoxy) is 2. The van der Waals surface area contributed by atoms with Crippen LogP contribution in [0.5, 0.6) is 6.01 Å². The van der Waals surface area contributed by atoms with Gasteiger partial charge in [0, 0.05) is 56.0 Å². The average molecular weight is 444 g/mol. The quantitative estimate of drug-likeness (QED) is 0.709. The number of carbonyl (C=O) groups is 2. The lowest BCUT2D eigenvalue weighted by atomic mass is 9.78. The van der Waals surface area contributed by atoms with Gasteiger partial charge in [0.15, 0.2) is 6.61 Å². The highest BCUT2D eigenvalue weighted by Gasteiger charge is 2.45. The zero-order valence-electron chi connectivity index (χ0n) is 17.9. The predicted octanol–water partition coefficient (Wildman–Crippen LogP) is 3.17. The van der Waals surface area contributed by atoms with E-state index in [1.165, 1.54) is 12.4 Å². The van der Waals surface area contributed by atoms with Gasteiger partial charge in [-0.3, -0.25) is 4.79 Å². The van der Waals surface area contributed by atoms with Gasteiger partial charge in [-0.15, -0.1) is 0 Å². The van der Waals surface area contributed by atoms with Crippen molar-refractivity contribution in [3.05, 3.63) is 18.0 Å². The highest BCUT2D eigenvalue weighted by Crippen LogP contribution is 2.41. The molecule has 2 amide bonds. The summed E-state index contributed by atoms with van der Waals surface area (Å²) in [6, 6.07) is -0.361. The van der Waals surface area contributed by atoms with Gasteiger partial charge in [-0.25, -0.2) is 14.8 Å². The van der Waals surface area contributed by atoms with Crippen LogP contribution >= 0.6 is 0 Å². The van der Waals surface area contributed by atoms with E-state index in [1.807, 2.05) is 20.8 Å². The van der Waals surface area contributed by atoms with Crippen LogP contribution in [0.4, 0.5) is 18.0 Å². The Morgan fingerprint density at radius 3 is 2.32 bits per heavy atom. The molecule has 3 heterocycles. The number of alkyl halides is 3. The summed E-state index contributed by atoms with van der Waals surface area (Å²) in [6.07, 6.45) is -0.261. The maximum absolute atomic E-state index is 12.6. The lowest BCUT2D eigenvalue weighted by molar-refractivity contribution is -0.154. The lowest BCUT2D eigenvalue weighted by Crippen LogP contribution is -2.46. The molecule has 1 spiro atoms. The van der Waals surface area contributed by atoms with E-state index < -0.39 is 18.4 Å². The number of amides is 2. The Morgan fingerprint density at radius 2 is 1.77 bits per heavy atom. The molecule has 1 aromatic rings. The second-order valence-corrected chi connectivity index (χ2v) is 9.17. The zero-order chi connectivity index (χ0) is 22.9. The summed E-state index contributed by atoms with van der Waals surface area (Å²) in [5.74, 6) is 0.00289. The Bertz CT molecular complexity index is 800. The summed E-state index contributed by atoms with van der Waals surface area (Å²) >= 11 is 0. The van der Waals surface area contributed by atoms with Crippen LogP contribution < -0.4 is 4.74 Å². The molecule has 0 radical (unpaired) electrons. The maximum Gasteiger partial charge on any atom is 0.422 e. The highest BCUT2D eigenvalue weighted by molar-refractivity contribution is 5.79. The number of rotatable bonds is 4. The molecule has 0 saturated carbocycles. The number of aromatic nitrogens is 2. The van der Waals surface area contributed by atoms with E-state index in [1.54, 1.807) is 9.80 Å². The van der Waals surface area contributed by atoms with Gasteiger partial charge < -0.3 is 19.3 Å². The molecule has 2 fully saturated rings. The molecule has 3 rings (SSSR count). The zero-order valence-corrected chi connectivity index (χ0v) is 17.9. The van der Waals surface area contributed by atoms with Crippen LogP contribution in [0.15, 0.2) is 12.4 Å². The Kier molecular flexibility index (Phi) is 6.33. The fraction of sp³-hybridized carbons (Fsp3) is 0.700. The van der Waals surface area contributed by atoms with Crippen molar-refractivity contribution in [2.75, 3.05) is 26.2 Å². The van der Waals surface area contributed by atoms with Crippen LogP contribution in [0.2, 0.25) is 0 Å². The number of nitrogens with zero attached hydrogens (tertiary/aromatic N) is 4. The minimum absolute atomic E-state index is 0.00289. The first kappa shape index (κ1) is 23.1. The third-order valence-corrected chi connectivity index (χ3v) is 5.30. The third-order valence-electron chi connectivity index (χ3n) is 5.30. The summed E-state index contributed by atoms with van der Waals surface area (Å²) in [4.78, 5) is 35.8. The first-order chi connectivity index (χ1) is 14.3. The van der Waals surface area contributed by atoms with Crippen molar-refractivity contribution in [2.45, 2.75) is 58.4 Å². The van der Waals surface area contributed by atoms with Crippen LogP contribution in [0.1, 0.15) is 45.6 Å². The molecule has 0 bridgehead atoms. The Hall–Kier alpha value is -2.59. The van der Waals surface area contributed by atoms with Gasteiger partial charge in [0.2, 0.25) is 5.91 Å². The van der Waals surface area contributed by atoms with E-state index in [0.717, 1.165) is 0 Å². The third kappa shape index (κ3) is 6.44. The number of carbonyl (C=O) groups excluding carboxylic acids is 2. The first-order valence-electron chi connectivity index (χ1n) is 10.1. The van der Waals surface area contributed by atoms with Crippen LogP contribution in [0.3, 0.4) is 0 Å². The summed E-state index contributed by atoms with van der Waals surface area (Å²) in [5, 5.41) is 0. The Balaban J connectivity index is 1.52. The molecule has 0 unspecified atom stereocenters. The van der Waals surface area contributed by atoms with E-state index in [-0.39, 0.29) is 30.0 Å². The predicted molar refractivity (Wildman–Crippen MR) is 103 cm³/mol. The Morgan fingerprint density at radius 1 is 1.16 bits per heavy atom. The highest BCUT2D eigenvalue weighted by atomic mass is 19.4. The van der Waals surface area contributed by atoms with E-state index >= 15 is 0 Å². The molecule has 0 aromatic carbocycles. The van der Waals surface area contributed by atoms with Crippen molar-refractivity contribution < 1.29 is 32.2 Å². The monoisotopic (exact) mass is 444 g/mol. The van der Waals surface area contributed by atoms with E-state index in [4.69, 9.17) is 4.74 Å². The second kappa shape index (κ2) is 8.51. The van der Waals surface area contributed by atoms with Gasteiger partial charge in [-0.2, -0.15) is 13.2 Å². The van der Waals surface area contributed by atoms with Gasteiger partial charge in [0.05, 0.1) is 0 Å². The van der Waals surface area contributed by atoms with Crippen molar-refractivity contribution in [3.63, 3.8) is 0 Å². The van der Waals surface area contributed by atoms with Crippen molar-refractivity contribution >= 4 is 12.0 Å². The summed E-state index contributed by atoms with van der Waals surface area (Å²) in [7, 11) is 0. The fourth-order valence-electron chi connectivity index (χ4n) is 3.82. The molecule has 0 aliphatic carbocycles. The van der Waals surface area contributed by atoms with E-state index in [9.17, 15) is 22.8 Å². The number of piperidine rings is 1. The molecule has 0 N–H and O–H groups in total. The van der Waals surface area contributed by atoms with Crippen LogP contribution in [0, 0.1) is 5.41 Å². The van der Waals surface area contributed by atoms with Gasteiger partial charge in [-0.1, -0.05) is 0 Å². The number of halogens is 3. The van der Waals surface area contributed by atoms with E-state index in [0.29, 0.717) is 44.5 Å². The van der Waals surface area contributed by atoms with Crippen molar-refractivity contribution in [2.24, 2.45) is 5.41 Å². The maximum atomic E-state index is 12.6. The minimum Gasteiger partial charge on any atom is -0.454 e. The first-order valence-corrected chi connectivity index (χ1v) is 10.1. The average Bonchev–Trinajstić information content (AvgIpc) is 2.94. The van der Waals surface area contributed by atoms with Gasteiger partial charge in [0.25, 0.3) is 0 Å². The fourth-order valence-corrected chi connectivity index (χ4v) is 3.82. The molecule has 2 aliphatic heterocycles. The number of likely N-dealkylation sites (tertiary alicyclic amines) is 2. The Labute approximate surface area is 178 Å². The lowest BCUT2D eigenvalue weighted by Gasteiger charge is -2.39. The largest absolute Gasteiger partial charge is 0.454 e. The van der Waals surface area contributed by atoms with Crippen molar-refractivity contribution in [3.8, 4) is 6.01 Å². The summed E-state index contributed by atoms with van der Waals surface area (Å²) in [5.41, 5.74) is -0.135. The molecule has 172 valence electrons. The normalized spacial score (nSPS) is 19.1. The topological polar surface area (TPSA) is 84.9 Å². The smallest absolute Gasteiger partial charge is 0.422 e. The SMILES string of the molecule is CC(C)(C)OC(=O)N1CCC2(CC1)CC(=O)N(Cc1cnc(OCC(F)(F)F)nc1)C2. The van der Waals surface area contributed by atoms with Gasteiger partial charge in [-0.05, 0) is 33.6 Å². The van der Waals surface area contributed by atoms with Crippen LogP contribution in [-0.4, -0.2) is 69.8 Å². The summed E-state index contributed by atoms with van der Waals surface area (Å²) < 4.78 is 46.5. The van der Waals surface area contributed by atoms with Gasteiger partial charge >= 0.3 is 18.3 Å². The standard InChI is InChI=1S/C20H27F3N4O4/c1-18(2,3)31-17(29)26-6-4-19(5-7-26)8-15(28)27(12-19)11-14-9-24-16(25-10-14)30-13-20(21,22)23/h9-10H,4-8,11-13H2,1-3H3. The molecule has 1 aromatic heterocycles. The molecular weight excluding hydrogens is 417 g/mol. The molecule has 2 aliphatic rings. The van der Waals surface area contributed by atoms with Crippen LogP contribution in [0.25, 0.3) is 0 Å².